The summed E-state index contributed by atoms with van der Waals surface area (Å²) in [6, 6.07) is 8.55. The van der Waals surface area contributed by atoms with Crippen molar-refractivity contribution in [3.05, 3.63) is 29.8 Å². The minimum absolute atomic E-state index is 0.277. The van der Waals surface area contributed by atoms with Crippen LogP contribution in [-0.2, 0) is 4.79 Å². The van der Waals surface area contributed by atoms with Crippen LogP contribution >= 0.6 is 11.6 Å². The molecule has 0 bridgehead atoms. The van der Waals surface area contributed by atoms with E-state index in [9.17, 15) is 4.79 Å². The highest BCUT2D eigenvalue weighted by Crippen LogP contribution is 2.18. The molecule has 1 aliphatic heterocycles. The third kappa shape index (κ3) is 4.14. The van der Waals surface area contributed by atoms with Crippen molar-refractivity contribution in [1.82, 2.24) is 4.90 Å². The van der Waals surface area contributed by atoms with E-state index in [0.29, 0.717) is 12.3 Å². The van der Waals surface area contributed by atoms with Crippen molar-refractivity contribution in [3.8, 4) is 0 Å². The molecule has 3 nitrogen and oxygen atoms in total. The molecule has 0 aromatic heterocycles. The molecule has 1 aliphatic rings. The summed E-state index contributed by atoms with van der Waals surface area (Å²) in [5.74, 6) is 0.924. The van der Waals surface area contributed by atoms with Gasteiger partial charge in [0.2, 0.25) is 5.91 Å². The number of hydrogen-bond donors (Lipinski definition) is 0. The molecule has 1 saturated heterocycles. The molecule has 0 N–H and O–H groups in total. The Hall–Kier alpha value is -1.22. The first-order valence-electron chi connectivity index (χ1n) is 7.36. The van der Waals surface area contributed by atoms with Crippen molar-refractivity contribution >= 4 is 23.2 Å². The van der Waals surface area contributed by atoms with E-state index in [0.717, 1.165) is 39.0 Å². The van der Waals surface area contributed by atoms with Crippen LogP contribution in [-0.4, -0.2) is 42.9 Å². The van der Waals surface area contributed by atoms with Gasteiger partial charge in [0.15, 0.2) is 0 Å². The van der Waals surface area contributed by atoms with Crippen LogP contribution in [0.25, 0.3) is 0 Å². The number of carbonyl (C=O) groups excluding carboxylic acids is 1. The number of alkyl halides is 1. The Labute approximate surface area is 126 Å². The van der Waals surface area contributed by atoms with Gasteiger partial charge in [-0.3, -0.25) is 4.79 Å². The molecule has 20 heavy (non-hydrogen) atoms. The summed E-state index contributed by atoms with van der Waals surface area (Å²) < 4.78 is 0. The second kappa shape index (κ2) is 7.53. The second-order valence-corrected chi connectivity index (χ2v) is 5.73. The maximum absolute atomic E-state index is 12.0. The summed E-state index contributed by atoms with van der Waals surface area (Å²) in [7, 11) is 0. The highest BCUT2D eigenvalue weighted by molar-refractivity contribution is 6.17. The van der Waals surface area contributed by atoms with Gasteiger partial charge >= 0.3 is 0 Å². The lowest BCUT2D eigenvalue weighted by Gasteiger charge is -2.36. The minimum atomic E-state index is 0.277. The lowest BCUT2D eigenvalue weighted by Crippen LogP contribution is -2.48. The predicted octanol–water partition coefficient (Wildman–Crippen LogP) is 3.05. The average molecular weight is 295 g/mol. The van der Waals surface area contributed by atoms with E-state index < -0.39 is 0 Å². The van der Waals surface area contributed by atoms with Gasteiger partial charge in [0.05, 0.1) is 0 Å². The number of piperazine rings is 1. The third-order valence-corrected chi connectivity index (χ3v) is 4.04. The van der Waals surface area contributed by atoms with Crippen molar-refractivity contribution in [2.24, 2.45) is 0 Å². The minimum Gasteiger partial charge on any atom is -0.368 e. The van der Waals surface area contributed by atoms with E-state index in [1.54, 1.807) is 0 Å². The molecule has 0 radical (unpaired) electrons. The summed E-state index contributed by atoms with van der Waals surface area (Å²) >= 11 is 5.64. The van der Waals surface area contributed by atoms with Crippen LogP contribution in [0.15, 0.2) is 24.3 Å². The van der Waals surface area contributed by atoms with Gasteiger partial charge in [-0.25, -0.2) is 0 Å². The van der Waals surface area contributed by atoms with Gasteiger partial charge in [0.1, 0.15) is 0 Å². The zero-order chi connectivity index (χ0) is 14.4. The van der Waals surface area contributed by atoms with Crippen LogP contribution in [0.2, 0.25) is 0 Å². The van der Waals surface area contributed by atoms with Crippen molar-refractivity contribution in [1.29, 1.82) is 0 Å². The van der Waals surface area contributed by atoms with Crippen LogP contribution in [0.3, 0.4) is 0 Å². The number of aryl methyl sites for hydroxylation is 1. The molecule has 0 unspecified atom stereocenters. The molecule has 1 heterocycles. The lowest BCUT2D eigenvalue weighted by molar-refractivity contribution is -0.131. The van der Waals surface area contributed by atoms with Crippen molar-refractivity contribution in [3.63, 3.8) is 0 Å². The van der Waals surface area contributed by atoms with Crippen LogP contribution in [0.4, 0.5) is 5.69 Å². The molecule has 1 fully saturated rings. The Morgan fingerprint density at radius 2 is 1.95 bits per heavy atom. The molecule has 1 aromatic rings. The summed E-state index contributed by atoms with van der Waals surface area (Å²) in [5, 5.41) is 0. The molecule has 2 rings (SSSR count). The predicted molar refractivity (Wildman–Crippen MR) is 84.5 cm³/mol. The van der Waals surface area contributed by atoms with Crippen molar-refractivity contribution in [2.45, 2.75) is 26.2 Å². The van der Waals surface area contributed by atoms with Crippen LogP contribution < -0.4 is 4.90 Å². The summed E-state index contributed by atoms with van der Waals surface area (Å²) in [5.41, 5.74) is 2.54. The standard InChI is InChI=1S/C16H23ClN2O/c1-14-5-4-6-15(13-14)18-9-11-19(12-10-18)16(20)7-2-3-8-17/h4-6,13H,2-3,7-12H2,1H3. The van der Waals surface area contributed by atoms with Crippen LogP contribution in [0, 0.1) is 6.92 Å². The van der Waals surface area contributed by atoms with Crippen LogP contribution in [0.5, 0.6) is 0 Å². The number of anilines is 1. The van der Waals surface area contributed by atoms with E-state index in [4.69, 9.17) is 11.6 Å². The fraction of sp³-hybridized carbons (Fsp3) is 0.562. The molecule has 1 aromatic carbocycles. The molecule has 1 amide bonds. The molecule has 0 aliphatic carbocycles. The van der Waals surface area contributed by atoms with Gasteiger partial charge < -0.3 is 9.80 Å². The lowest BCUT2D eigenvalue weighted by atomic mass is 10.1. The van der Waals surface area contributed by atoms with E-state index in [1.807, 2.05) is 4.90 Å². The van der Waals surface area contributed by atoms with Gasteiger partial charge in [0, 0.05) is 44.2 Å². The Morgan fingerprint density at radius 3 is 2.60 bits per heavy atom. The van der Waals surface area contributed by atoms with Gasteiger partial charge in [0.25, 0.3) is 0 Å². The number of hydrogen-bond acceptors (Lipinski definition) is 2. The number of halogens is 1. The van der Waals surface area contributed by atoms with E-state index in [1.165, 1.54) is 11.3 Å². The molecule has 0 saturated carbocycles. The van der Waals surface area contributed by atoms with Gasteiger partial charge in [-0.15, -0.1) is 11.6 Å². The number of rotatable bonds is 5. The Bertz CT molecular complexity index is 442. The van der Waals surface area contributed by atoms with Crippen LogP contribution in [0.1, 0.15) is 24.8 Å². The van der Waals surface area contributed by atoms with E-state index in [-0.39, 0.29) is 5.91 Å². The highest BCUT2D eigenvalue weighted by Gasteiger charge is 2.20. The van der Waals surface area contributed by atoms with E-state index >= 15 is 0 Å². The van der Waals surface area contributed by atoms with Crippen molar-refractivity contribution in [2.75, 3.05) is 37.0 Å². The molecule has 0 spiro atoms. The smallest absolute Gasteiger partial charge is 0.222 e. The van der Waals surface area contributed by atoms with Gasteiger partial charge in [-0.1, -0.05) is 12.1 Å². The average Bonchev–Trinajstić information content (AvgIpc) is 2.47. The first-order valence-corrected chi connectivity index (χ1v) is 7.89. The first kappa shape index (κ1) is 15.2. The zero-order valence-electron chi connectivity index (χ0n) is 12.1. The first-order chi connectivity index (χ1) is 9.70. The summed E-state index contributed by atoms with van der Waals surface area (Å²) in [6.07, 6.45) is 2.47. The summed E-state index contributed by atoms with van der Waals surface area (Å²) in [4.78, 5) is 16.4. The molecule has 4 heteroatoms. The molecule has 0 atom stereocenters. The molecule has 110 valence electrons. The maximum Gasteiger partial charge on any atom is 0.222 e. The second-order valence-electron chi connectivity index (χ2n) is 5.35. The maximum atomic E-state index is 12.0. The Kier molecular flexibility index (Phi) is 5.72. The zero-order valence-corrected chi connectivity index (χ0v) is 12.9. The van der Waals surface area contributed by atoms with Crippen molar-refractivity contribution < 1.29 is 4.79 Å². The number of benzene rings is 1. The quantitative estimate of drug-likeness (QED) is 0.615. The Morgan fingerprint density at radius 1 is 1.20 bits per heavy atom. The number of amides is 1. The Balaban J connectivity index is 1.81. The number of unbranched alkanes of at least 4 members (excludes halogenated alkanes) is 1. The molecular weight excluding hydrogens is 272 g/mol. The van der Waals surface area contributed by atoms with E-state index in [2.05, 4.69) is 36.1 Å². The van der Waals surface area contributed by atoms with Gasteiger partial charge in [-0.2, -0.15) is 0 Å². The van der Waals surface area contributed by atoms with Gasteiger partial charge in [-0.05, 0) is 37.5 Å². The highest BCUT2D eigenvalue weighted by atomic mass is 35.5. The largest absolute Gasteiger partial charge is 0.368 e. The fourth-order valence-corrected chi connectivity index (χ4v) is 2.76. The normalized spacial score (nSPS) is 15.5. The third-order valence-electron chi connectivity index (χ3n) is 3.77. The fourth-order valence-electron chi connectivity index (χ4n) is 2.57. The number of nitrogens with zero attached hydrogens (tertiary/aromatic N) is 2. The SMILES string of the molecule is Cc1cccc(N2CCN(C(=O)CCCCCl)CC2)c1. The topological polar surface area (TPSA) is 23.6 Å². The monoisotopic (exact) mass is 294 g/mol. The summed E-state index contributed by atoms with van der Waals surface area (Å²) in [6.45, 7) is 5.61. The molecular formula is C16H23ClN2O. The number of carbonyl (C=O) groups is 1.